The van der Waals surface area contributed by atoms with Crippen LogP contribution in [0.25, 0.3) is 0 Å². The Hall–Kier alpha value is 0.310. The van der Waals surface area contributed by atoms with Crippen LogP contribution in [-0.2, 0) is 0 Å². The van der Waals surface area contributed by atoms with Crippen molar-refractivity contribution in [2.75, 3.05) is 31.1 Å². The highest BCUT2D eigenvalue weighted by Crippen LogP contribution is 2.08. The first-order chi connectivity index (χ1) is 4.43. The highest BCUT2D eigenvalue weighted by Gasteiger charge is 2.04. The van der Waals surface area contributed by atoms with Crippen LogP contribution >= 0.6 is 11.8 Å². The Bertz CT molecular complexity index is 67.3. The van der Waals surface area contributed by atoms with Crippen LogP contribution in [-0.4, -0.2) is 36.0 Å². The Balaban J connectivity index is 2.18. The van der Waals surface area contributed by atoms with E-state index in [9.17, 15) is 0 Å². The Morgan fingerprint density at radius 3 is 3.00 bits per heavy atom. The van der Waals surface area contributed by atoms with Crippen molar-refractivity contribution in [1.82, 2.24) is 4.90 Å². The molecule has 0 aromatic rings. The molecule has 1 saturated heterocycles. The second-order valence-corrected chi connectivity index (χ2v) is 3.62. The maximum absolute atomic E-state index is 2.53. The van der Waals surface area contributed by atoms with Gasteiger partial charge in [0.15, 0.2) is 0 Å². The van der Waals surface area contributed by atoms with Gasteiger partial charge in [-0.1, -0.05) is 6.92 Å². The van der Waals surface area contributed by atoms with E-state index >= 15 is 0 Å². The molecule has 0 radical (unpaired) electrons. The largest absolute Gasteiger partial charge is 0.303 e. The zero-order chi connectivity index (χ0) is 6.53. The molecule has 0 atom stereocenters. The molecule has 0 amide bonds. The summed E-state index contributed by atoms with van der Waals surface area (Å²) >= 11 is 2.09. The lowest BCUT2D eigenvalue weighted by atomic mass is 10.4. The fourth-order valence-corrected chi connectivity index (χ4v) is 2.04. The van der Waals surface area contributed by atoms with Gasteiger partial charge in [0.05, 0.1) is 0 Å². The van der Waals surface area contributed by atoms with Crippen molar-refractivity contribution in [2.45, 2.75) is 13.3 Å². The van der Waals surface area contributed by atoms with Gasteiger partial charge in [-0.2, -0.15) is 11.8 Å². The first-order valence-electron chi connectivity index (χ1n) is 3.73. The molecule has 0 aliphatic carbocycles. The Labute approximate surface area is 61.8 Å². The predicted molar refractivity (Wildman–Crippen MR) is 44.1 cm³/mol. The van der Waals surface area contributed by atoms with Crippen LogP contribution in [0.1, 0.15) is 13.3 Å². The molecular weight excluding hydrogens is 130 g/mol. The molecule has 0 unspecified atom stereocenters. The average molecular weight is 145 g/mol. The van der Waals surface area contributed by atoms with Crippen molar-refractivity contribution in [3.8, 4) is 0 Å². The molecule has 1 rings (SSSR count). The summed E-state index contributed by atoms with van der Waals surface area (Å²) in [4.78, 5) is 2.53. The zero-order valence-electron chi connectivity index (χ0n) is 6.10. The maximum Gasteiger partial charge on any atom is 0.00722 e. The number of rotatable bonds is 1. The highest BCUT2D eigenvalue weighted by molar-refractivity contribution is 7.99. The molecule has 9 heavy (non-hydrogen) atoms. The van der Waals surface area contributed by atoms with E-state index in [0.29, 0.717) is 0 Å². The second kappa shape index (κ2) is 4.18. The van der Waals surface area contributed by atoms with Crippen LogP contribution in [0.3, 0.4) is 0 Å². The zero-order valence-corrected chi connectivity index (χ0v) is 6.91. The Kier molecular flexibility index (Phi) is 3.44. The molecule has 54 valence electrons. The number of thioether (sulfide) groups is 1. The first kappa shape index (κ1) is 7.42. The summed E-state index contributed by atoms with van der Waals surface area (Å²) in [5.74, 6) is 2.71. The first-order valence-corrected chi connectivity index (χ1v) is 4.89. The summed E-state index contributed by atoms with van der Waals surface area (Å²) < 4.78 is 0. The van der Waals surface area contributed by atoms with Gasteiger partial charge in [-0.05, 0) is 25.3 Å². The average Bonchev–Trinajstić information content (AvgIpc) is 2.13. The number of nitrogens with zero attached hydrogens (tertiary/aromatic N) is 1. The van der Waals surface area contributed by atoms with Crippen molar-refractivity contribution in [3.05, 3.63) is 0 Å². The molecule has 1 fully saturated rings. The van der Waals surface area contributed by atoms with E-state index in [-0.39, 0.29) is 0 Å². The normalized spacial score (nSPS) is 23.7. The summed E-state index contributed by atoms with van der Waals surface area (Å²) in [5, 5.41) is 0. The molecule has 0 bridgehead atoms. The predicted octanol–water partition coefficient (Wildman–Crippen LogP) is 1.45. The number of hydrogen-bond acceptors (Lipinski definition) is 2. The van der Waals surface area contributed by atoms with E-state index in [1.54, 1.807) is 0 Å². The minimum atomic E-state index is 1.24. The summed E-state index contributed by atoms with van der Waals surface area (Å²) in [7, 11) is 0. The second-order valence-electron chi connectivity index (χ2n) is 2.40. The van der Waals surface area contributed by atoms with E-state index in [4.69, 9.17) is 0 Å². The van der Waals surface area contributed by atoms with Crippen LogP contribution in [0.5, 0.6) is 0 Å². The number of hydrogen-bond donors (Lipinski definition) is 0. The fraction of sp³-hybridized carbons (Fsp3) is 1.00. The maximum atomic E-state index is 2.53. The van der Waals surface area contributed by atoms with Gasteiger partial charge in [0.25, 0.3) is 0 Å². The summed E-state index contributed by atoms with van der Waals surface area (Å²) in [6, 6.07) is 0. The van der Waals surface area contributed by atoms with Gasteiger partial charge >= 0.3 is 0 Å². The minimum absolute atomic E-state index is 1.24. The summed E-state index contributed by atoms with van der Waals surface area (Å²) in [5.41, 5.74) is 0. The minimum Gasteiger partial charge on any atom is -0.303 e. The smallest absolute Gasteiger partial charge is 0.00722 e. The van der Waals surface area contributed by atoms with Gasteiger partial charge in [0.2, 0.25) is 0 Å². The molecule has 0 aromatic heterocycles. The van der Waals surface area contributed by atoms with E-state index in [2.05, 4.69) is 23.6 Å². The van der Waals surface area contributed by atoms with Crippen molar-refractivity contribution in [1.29, 1.82) is 0 Å². The Morgan fingerprint density at radius 1 is 1.33 bits per heavy atom. The monoisotopic (exact) mass is 145 g/mol. The summed E-state index contributed by atoms with van der Waals surface area (Å²) in [6.45, 7) is 6.11. The quantitative estimate of drug-likeness (QED) is 0.549. The lowest BCUT2D eigenvalue weighted by molar-refractivity contribution is 0.312. The van der Waals surface area contributed by atoms with Crippen LogP contribution in [0.4, 0.5) is 0 Å². The Morgan fingerprint density at radius 2 is 2.22 bits per heavy atom. The van der Waals surface area contributed by atoms with Crippen LogP contribution in [0.2, 0.25) is 0 Å². The van der Waals surface area contributed by atoms with E-state index in [1.165, 1.54) is 37.6 Å². The highest BCUT2D eigenvalue weighted by atomic mass is 32.2. The standard InChI is InChI=1S/C7H15NS/c1-2-8-4-3-6-9-7-5-8/h2-7H2,1H3. The molecule has 1 aliphatic rings. The molecule has 2 heteroatoms. The third kappa shape index (κ3) is 2.59. The van der Waals surface area contributed by atoms with Crippen molar-refractivity contribution in [2.24, 2.45) is 0 Å². The lowest BCUT2D eigenvalue weighted by Gasteiger charge is -2.15. The molecule has 1 heterocycles. The summed E-state index contributed by atoms with van der Waals surface area (Å²) in [6.07, 6.45) is 1.39. The fourth-order valence-electron chi connectivity index (χ4n) is 1.11. The van der Waals surface area contributed by atoms with E-state index in [0.717, 1.165) is 0 Å². The van der Waals surface area contributed by atoms with Gasteiger partial charge in [-0.25, -0.2) is 0 Å². The van der Waals surface area contributed by atoms with Crippen molar-refractivity contribution < 1.29 is 0 Å². The molecule has 1 nitrogen and oxygen atoms in total. The van der Waals surface area contributed by atoms with Crippen molar-refractivity contribution >= 4 is 11.8 Å². The molecular formula is C7H15NS. The topological polar surface area (TPSA) is 3.24 Å². The van der Waals surface area contributed by atoms with Crippen LogP contribution in [0, 0.1) is 0 Å². The van der Waals surface area contributed by atoms with Crippen LogP contribution < -0.4 is 0 Å². The molecule has 0 spiro atoms. The van der Waals surface area contributed by atoms with Crippen LogP contribution in [0.15, 0.2) is 0 Å². The van der Waals surface area contributed by atoms with E-state index < -0.39 is 0 Å². The molecule has 0 N–H and O–H groups in total. The molecule has 0 aromatic carbocycles. The lowest BCUT2D eigenvalue weighted by Crippen LogP contribution is -2.25. The third-order valence-corrected chi connectivity index (χ3v) is 2.81. The van der Waals surface area contributed by atoms with Gasteiger partial charge in [-0.3, -0.25) is 0 Å². The van der Waals surface area contributed by atoms with Gasteiger partial charge in [-0.15, -0.1) is 0 Å². The van der Waals surface area contributed by atoms with Gasteiger partial charge < -0.3 is 4.90 Å². The molecule has 1 aliphatic heterocycles. The molecule has 0 saturated carbocycles. The van der Waals surface area contributed by atoms with Gasteiger partial charge in [0.1, 0.15) is 0 Å². The van der Waals surface area contributed by atoms with E-state index in [1.807, 2.05) is 0 Å². The van der Waals surface area contributed by atoms with Crippen molar-refractivity contribution in [3.63, 3.8) is 0 Å². The van der Waals surface area contributed by atoms with Gasteiger partial charge in [0, 0.05) is 12.3 Å². The SMILES string of the molecule is CCN1CCCSCC1. The third-order valence-electron chi connectivity index (χ3n) is 1.76.